The maximum absolute atomic E-state index is 11.5. The van der Waals surface area contributed by atoms with Crippen molar-refractivity contribution in [1.82, 2.24) is 5.32 Å². The molecule has 0 radical (unpaired) electrons. The predicted molar refractivity (Wildman–Crippen MR) is 149 cm³/mol. The first-order chi connectivity index (χ1) is 17.3. The van der Waals surface area contributed by atoms with Gasteiger partial charge in [0.25, 0.3) is 0 Å². The highest BCUT2D eigenvalue weighted by Crippen LogP contribution is 2.70. The number of fused-ring (bicyclic) bond motifs is 5. The van der Waals surface area contributed by atoms with Crippen LogP contribution in [0.1, 0.15) is 91.5 Å². The summed E-state index contributed by atoms with van der Waals surface area (Å²) < 4.78 is 23.0. The third kappa shape index (κ3) is 4.62. The summed E-state index contributed by atoms with van der Waals surface area (Å²) in [5.41, 5.74) is 1.99. The van der Waals surface area contributed by atoms with Crippen LogP contribution in [-0.2, 0) is 16.4 Å². The lowest BCUT2D eigenvalue weighted by atomic mass is 9.40. The van der Waals surface area contributed by atoms with Crippen LogP contribution in [0.5, 0.6) is 0 Å². The lowest BCUT2D eigenvalue weighted by Gasteiger charge is -2.65. The first kappa shape index (κ1) is 27.6. The van der Waals surface area contributed by atoms with Gasteiger partial charge in [-0.15, -0.1) is 0 Å². The van der Waals surface area contributed by atoms with E-state index >= 15 is 0 Å². The second kappa shape index (κ2) is 9.60. The molecule has 4 fully saturated rings. The molecule has 4 saturated carbocycles. The lowest BCUT2D eigenvalue weighted by molar-refractivity contribution is -0.184. The fraction of sp³-hybridized carbons (Fsp3) is 0.806. The minimum absolute atomic E-state index is 0.0330. The molecule has 1 unspecified atom stereocenters. The summed E-state index contributed by atoms with van der Waals surface area (Å²) in [7, 11) is -3.64. The largest absolute Gasteiger partial charge is 0.393 e. The molecule has 0 heterocycles. The minimum Gasteiger partial charge on any atom is -0.393 e. The summed E-state index contributed by atoms with van der Waals surface area (Å²) >= 11 is 0. The van der Waals surface area contributed by atoms with Crippen LogP contribution in [0.2, 0.25) is 0 Å². The summed E-state index contributed by atoms with van der Waals surface area (Å²) in [6.07, 6.45) is 10.9. The Morgan fingerprint density at radius 3 is 2.19 bits per heavy atom. The van der Waals surface area contributed by atoms with Gasteiger partial charge in [0.1, 0.15) is 0 Å². The van der Waals surface area contributed by atoms with Gasteiger partial charge in [-0.05, 0) is 135 Å². The second-order valence-electron chi connectivity index (χ2n) is 14.3. The van der Waals surface area contributed by atoms with Gasteiger partial charge in [0.15, 0.2) is 0 Å². The lowest BCUT2D eigenvalue weighted by Crippen LogP contribution is -2.60. The molecule has 0 bridgehead atoms. The standard InChI is InChI=1S/C31H50N2O3S/c1-20(33-19-16-21-6-8-22(9-7-21)37(32,35)36)23-14-17-30(4)24(23)10-11-26-25(30)12-13-27-29(2,3)28(34)15-18-31(26,27)5/h6-9,20,23-28,33-34H,10-19H2,1-5H3,(H2,32,35,36)/t20?,23-,24-,25-,26+,27+,28+,30-,31-/m1/s1. The monoisotopic (exact) mass is 530 g/mol. The molecule has 1 aromatic rings. The molecule has 9 atom stereocenters. The van der Waals surface area contributed by atoms with Crippen molar-refractivity contribution in [2.75, 3.05) is 6.54 Å². The first-order valence-corrected chi connectivity index (χ1v) is 16.4. The average molecular weight is 531 g/mol. The molecule has 0 aliphatic heterocycles. The second-order valence-corrected chi connectivity index (χ2v) is 15.9. The quantitative estimate of drug-likeness (QED) is 0.452. The molecule has 0 saturated heterocycles. The van der Waals surface area contributed by atoms with Crippen molar-refractivity contribution in [1.29, 1.82) is 0 Å². The number of rotatable bonds is 6. The van der Waals surface area contributed by atoms with Crippen LogP contribution in [-0.4, -0.2) is 32.2 Å². The van der Waals surface area contributed by atoms with E-state index in [-0.39, 0.29) is 16.4 Å². The van der Waals surface area contributed by atoms with Crippen LogP contribution < -0.4 is 10.5 Å². The summed E-state index contributed by atoms with van der Waals surface area (Å²) in [5.74, 6) is 3.80. The maximum Gasteiger partial charge on any atom is 0.238 e. The summed E-state index contributed by atoms with van der Waals surface area (Å²) in [6.45, 7) is 13.2. The van der Waals surface area contributed by atoms with Crippen LogP contribution in [0.3, 0.4) is 0 Å². The third-order valence-electron chi connectivity index (χ3n) is 12.4. The Balaban J connectivity index is 1.22. The highest BCUT2D eigenvalue weighted by molar-refractivity contribution is 7.89. The molecule has 4 aliphatic carbocycles. The molecule has 5 rings (SSSR count). The van der Waals surface area contributed by atoms with Crippen LogP contribution in [0.25, 0.3) is 0 Å². The Labute approximate surface area is 225 Å². The Kier molecular flexibility index (Phi) is 7.17. The van der Waals surface area contributed by atoms with E-state index in [0.29, 0.717) is 22.8 Å². The Bertz CT molecular complexity index is 1090. The summed E-state index contributed by atoms with van der Waals surface area (Å²) in [5, 5.41) is 19.9. The van der Waals surface area contributed by atoms with E-state index in [9.17, 15) is 13.5 Å². The van der Waals surface area contributed by atoms with Gasteiger partial charge < -0.3 is 10.4 Å². The molecule has 6 heteroatoms. The SMILES string of the molecule is CC(NCCc1ccc(S(N)(=O)=O)cc1)[C@H]1CC[C@]2(C)[C@@H]1CC[C@H]1[C@H]2CC[C@H]2C(C)(C)[C@@H](O)CC[C@]12C. The normalized spacial score (nSPS) is 41.9. The first-order valence-electron chi connectivity index (χ1n) is 14.8. The molecular formula is C31H50N2O3S. The van der Waals surface area contributed by atoms with Crippen molar-refractivity contribution < 1.29 is 13.5 Å². The van der Waals surface area contributed by atoms with Crippen molar-refractivity contribution in [2.24, 2.45) is 51.0 Å². The fourth-order valence-corrected chi connectivity index (χ4v) is 10.8. The average Bonchev–Trinajstić information content (AvgIpc) is 3.19. The zero-order chi connectivity index (χ0) is 26.8. The van der Waals surface area contributed by atoms with Gasteiger partial charge in [-0.25, -0.2) is 13.6 Å². The number of nitrogens with one attached hydrogen (secondary N) is 1. The van der Waals surface area contributed by atoms with Crippen LogP contribution >= 0.6 is 0 Å². The molecule has 4 N–H and O–H groups in total. The zero-order valence-electron chi connectivity index (χ0n) is 23.7. The van der Waals surface area contributed by atoms with E-state index in [1.165, 1.54) is 44.9 Å². The Morgan fingerprint density at radius 2 is 1.51 bits per heavy atom. The Hall–Kier alpha value is -0.950. The van der Waals surface area contributed by atoms with Gasteiger partial charge in [-0.1, -0.05) is 39.8 Å². The van der Waals surface area contributed by atoms with Gasteiger partial charge in [0.05, 0.1) is 11.0 Å². The number of aliphatic hydroxyl groups is 1. The number of nitrogens with two attached hydrogens (primary N) is 1. The predicted octanol–water partition coefficient (Wildman–Crippen LogP) is 5.51. The van der Waals surface area contributed by atoms with Crippen molar-refractivity contribution >= 4 is 10.0 Å². The van der Waals surface area contributed by atoms with Crippen molar-refractivity contribution in [3.8, 4) is 0 Å². The zero-order valence-corrected chi connectivity index (χ0v) is 24.5. The number of primary sulfonamides is 1. The molecular weight excluding hydrogens is 480 g/mol. The minimum atomic E-state index is -3.64. The van der Waals surface area contributed by atoms with Gasteiger partial charge in [-0.3, -0.25) is 0 Å². The number of hydrogen-bond acceptors (Lipinski definition) is 4. The number of aliphatic hydroxyl groups excluding tert-OH is 1. The van der Waals surface area contributed by atoms with Crippen molar-refractivity contribution in [2.45, 2.75) is 109 Å². The van der Waals surface area contributed by atoms with E-state index in [1.807, 2.05) is 12.1 Å². The van der Waals surface area contributed by atoms with E-state index < -0.39 is 10.0 Å². The van der Waals surface area contributed by atoms with Gasteiger partial charge in [0, 0.05) is 6.04 Å². The van der Waals surface area contributed by atoms with Gasteiger partial charge >= 0.3 is 0 Å². The molecule has 208 valence electrons. The van der Waals surface area contributed by atoms with E-state index in [0.717, 1.165) is 48.6 Å². The number of benzene rings is 1. The van der Waals surface area contributed by atoms with E-state index in [1.54, 1.807) is 12.1 Å². The molecule has 0 spiro atoms. The highest BCUT2D eigenvalue weighted by Gasteiger charge is 2.63. The molecule has 0 aromatic heterocycles. The third-order valence-corrected chi connectivity index (χ3v) is 13.3. The maximum atomic E-state index is 11.5. The Morgan fingerprint density at radius 1 is 0.919 bits per heavy atom. The van der Waals surface area contributed by atoms with Gasteiger partial charge in [-0.2, -0.15) is 0 Å². The van der Waals surface area contributed by atoms with Gasteiger partial charge in [0.2, 0.25) is 10.0 Å². The molecule has 1 aromatic carbocycles. The van der Waals surface area contributed by atoms with Crippen molar-refractivity contribution in [3.63, 3.8) is 0 Å². The number of sulfonamides is 1. The smallest absolute Gasteiger partial charge is 0.238 e. The van der Waals surface area contributed by atoms with Crippen LogP contribution in [0.4, 0.5) is 0 Å². The van der Waals surface area contributed by atoms with Crippen molar-refractivity contribution in [3.05, 3.63) is 29.8 Å². The molecule has 37 heavy (non-hydrogen) atoms. The summed E-state index contributed by atoms with van der Waals surface area (Å²) in [6, 6.07) is 7.46. The highest BCUT2D eigenvalue weighted by atomic mass is 32.2. The fourth-order valence-electron chi connectivity index (χ4n) is 10.3. The van der Waals surface area contributed by atoms with Crippen LogP contribution in [0.15, 0.2) is 29.2 Å². The summed E-state index contributed by atoms with van der Waals surface area (Å²) in [4.78, 5) is 0.175. The van der Waals surface area contributed by atoms with E-state index in [4.69, 9.17) is 5.14 Å². The molecule has 4 aliphatic rings. The molecule has 0 amide bonds. The number of hydrogen-bond donors (Lipinski definition) is 3. The van der Waals surface area contributed by atoms with Crippen LogP contribution in [0, 0.1) is 45.8 Å². The molecule has 5 nitrogen and oxygen atoms in total. The topological polar surface area (TPSA) is 92.4 Å². The van der Waals surface area contributed by atoms with E-state index in [2.05, 4.69) is 39.9 Å².